The van der Waals surface area contributed by atoms with Crippen molar-refractivity contribution in [1.29, 1.82) is 0 Å². The number of aromatic nitrogens is 1. The highest BCUT2D eigenvalue weighted by Crippen LogP contribution is 2.43. The molecule has 10 heteroatoms. The van der Waals surface area contributed by atoms with Crippen LogP contribution in [0.25, 0.3) is 11.6 Å². The number of amides is 2. The van der Waals surface area contributed by atoms with Gasteiger partial charge in [-0.2, -0.15) is 13.2 Å². The molecule has 0 unspecified atom stereocenters. The molecule has 6 nitrogen and oxygen atoms in total. The van der Waals surface area contributed by atoms with Crippen molar-refractivity contribution in [2.75, 3.05) is 19.6 Å². The van der Waals surface area contributed by atoms with Gasteiger partial charge in [0.25, 0.3) is 0 Å². The Morgan fingerprint density at radius 1 is 1.39 bits per heavy atom. The third kappa shape index (κ3) is 3.73. The molecule has 2 amide bonds. The molecule has 1 aromatic rings. The summed E-state index contributed by atoms with van der Waals surface area (Å²) in [4.78, 5) is 17.7. The van der Waals surface area contributed by atoms with Crippen molar-refractivity contribution in [1.82, 2.24) is 15.2 Å². The number of piperidine rings is 1. The van der Waals surface area contributed by atoms with Crippen molar-refractivity contribution in [2.24, 2.45) is 5.92 Å². The van der Waals surface area contributed by atoms with Crippen molar-refractivity contribution in [2.45, 2.75) is 25.4 Å². The van der Waals surface area contributed by atoms with Crippen LogP contribution in [-0.4, -0.2) is 53.9 Å². The number of fused-ring (bicyclic) bond motifs is 3. The van der Waals surface area contributed by atoms with E-state index < -0.39 is 25.9 Å². The predicted molar refractivity (Wildman–Crippen MR) is 97.3 cm³/mol. The zero-order valence-electron chi connectivity index (χ0n) is 15.0. The Labute approximate surface area is 160 Å². The first-order valence-corrected chi connectivity index (χ1v) is 9.16. The Morgan fingerprint density at radius 2 is 2.14 bits per heavy atom. The summed E-state index contributed by atoms with van der Waals surface area (Å²) in [6.45, 7) is -0.637. The smallest absolute Gasteiger partial charge is 0.531 e. The molecule has 2 aliphatic heterocycles. The molecule has 1 aromatic heterocycles. The van der Waals surface area contributed by atoms with Crippen LogP contribution < -0.4 is 9.97 Å². The summed E-state index contributed by atoms with van der Waals surface area (Å²) in [6.07, 6.45) is 3.15. The average Bonchev–Trinajstić information content (AvgIpc) is 3.13. The van der Waals surface area contributed by atoms with Gasteiger partial charge < -0.3 is 19.9 Å². The molecule has 1 fully saturated rings. The third-order valence-corrected chi connectivity index (χ3v) is 5.28. The molecule has 4 rings (SSSR count). The second-order valence-electron chi connectivity index (χ2n) is 7.13. The summed E-state index contributed by atoms with van der Waals surface area (Å²) in [5.74, 6) is 2.28. The molecular weight excluding hydrogens is 374 g/mol. The van der Waals surface area contributed by atoms with E-state index >= 15 is 0 Å². The number of nitrogens with one attached hydrogen (secondary N) is 1. The monoisotopic (exact) mass is 393 g/mol. The minimum absolute atomic E-state index is 0.0736. The van der Waals surface area contributed by atoms with Crippen molar-refractivity contribution in [3.63, 3.8) is 0 Å². The number of carbonyl (C=O) groups is 1. The van der Waals surface area contributed by atoms with E-state index in [2.05, 4.69) is 4.98 Å². The zero-order valence-corrected chi connectivity index (χ0v) is 15.0. The topological polar surface area (TPSA) is 74.7 Å². The molecule has 3 heterocycles. The molecule has 0 spiro atoms. The highest BCUT2D eigenvalue weighted by Gasteiger charge is 2.35. The summed E-state index contributed by atoms with van der Waals surface area (Å²) in [7, 11) is -1.07. The number of nitrogens with zero attached hydrogens (tertiary/aromatic N) is 2. The fourth-order valence-electron chi connectivity index (χ4n) is 3.99. The number of urea groups is 1. The maximum absolute atomic E-state index is 12.3. The SMILES string of the molecule is O=C(NCC(F)(F)F)N1CCC(C2=CB(O)Oc3cnc4c(c32)C=CC4)CC1. The zero-order chi connectivity index (χ0) is 19.9. The highest BCUT2D eigenvalue weighted by atomic mass is 19.4. The number of allylic oxidation sites excluding steroid dienone is 2. The largest absolute Gasteiger partial charge is 0.552 e. The standard InChI is InChI=1S/C18H19BF3N3O3/c20-18(21,22)10-24-17(26)25-6-4-11(5-7-25)13-8-19(27)28-15-9-23-14-3-1-2-12(14)16(13)15/h1-2,8-9,11,27H,3-7,10H2,(H,24,26). The van der Waals surface area contributed by atoms with Crippen molar-refractivity contribution < 1.29 is 27.6 Å². The number of likely N-dealkylation sites (tertiary alicyclic amines) is 1. The summed E-state index contributed by atoms with van der Waals surface area (Å²) in [5, 5.41) is 12.0. The van der Waals surface area contributed by atoms with E-state index in [0.29, 0.717) is 31.7 Å². The molecule has 2 N–H and O–H groups in total. The Bertz CT molecular complexity index is 848. The molecular formula is C18H19BF3N3O3. The Kier molecular flexibility index (Phi) is 4.82. The van der Waals surface area contributed by atoms with Crippen LogP contribution in [-0.2, 0) is 6.42 Å². The van der Waals surface area contributed by atoms with Gasteiger partial charge in [-0.3, -0.25) is 4.98 Å². The normalized spacial score (nSPS) is 19.1. The van der Waals surface area contributed by atoms with E-state index in [4.69, 9.17) is 4.65 Å². The maximum Gasteiger partial charge on any atom is 0.552 e. The summed E-state index contributed by atoms with van der Waals surface area (Å²) in [5.41, 5.74) is 3.81. The van der Waals surface area contributed by atoms with E-state index in [0.717, 1.165) is 28.8 Å². The van der Waals surface area contributed by atoms with Gasteiger partial charge in [0.05, 0.1) is 11.9 Å². The molecule has 0 aromatic carbocycles. The molecule has 1 aliphatic carbocycles. The lowest BCUT2D eigenvalue weighted by atomic mass is 9.74. The first-order chi connectivity index (χ1) is 13.3. The molecule has 0 saturated carbocycles. The molecule has 28 heavy (non-hydrogen) atoms. The summed E-state index contributed by atoms with van der Waals surface area (Å²) in [6, 6.07) is -0.704. The van der Waals surface area contributed by atoms with Gasteiger partial charge in [-0.15, -0.1) is 0 Å². The molecule has 0 atom stereocenters. The van der Waals surface area contributed by atoms with Crippen molar-refractivity contribution in [3.8, 4) is 5.75 Å². The number of carbonyl (C=O) groups excluding carboxylic acids is 1. The molecule has 0 radical (unpaired) electrons. The second-order valence-corrected chi connectivity index (χ2v) is 7.13. The lowest BCUT2D eigenvalue weighted by Crippen LogP contribution is -2.47. The number of hydrogen-bond donors (Lipinski definition) is 2. The highest BCUT2D eigenvalue weighted by molar-refractivity contribution is 6.52. The third-order valence-electron chi connectivity index (χ3n) is 5.28. The minimum atomic E-state index is -4.43. The van der Waals surface area contributed by atoms with Crippen LogP contribution in [0.1, 0.15) is 29.7 Å². The summed E-state index contributed by atoms with van der Waals surface area (Å²) < 4.78 is 42.4. The van der Waals surface area contributed by atoms with Gasteiger partial charge in [0, 0.05) is 30.6 Å². The van der Waals surface area contributed by atoms with Crippen LogP contribution in [0, 0.1) is 5.92 Å². The van der Waals surface area contributed by atoms with Gasteiger partial charge >= 0.3 is 19.3 Å². The van der Waals surface area contributed by atoms with Gasteiger partial charge in [0.15, 0.2) is 0 Å². The summed E-state index contributed by atoms with van der Waals surface area (Å²) >= 11 is 0. The van der Waals surface area contributed by atoms with Crippen molar-refractivity contribution >= 4 is 24.8 Å². The second kappa shape index (κ2) is 7.16. The fraction of sp³-hybridized carbons (Fsp3) is 0.444. The quantitative estimate of drug-likeness (QED) is 0.758. The van der Waals surface area contributed by atoms with Gasteiger partial charge in [0.2, 0.25) is 0 Å². The van der Waals surface area contributed by atoms with Crippen LogP contribution in [0.15, 0.2) is 18.2 Å². The van der Waals surface area contributed by atoms with Crippen LogP contribution in [0.3, 0.4) is 0 Å². The number of hydrogen-bond acceptors (Lipinski definition) is 4. The van der Waals surface area contributed by atoms with E-state index in [9.17, 15) is 23.0 Å². The maximum atomic E-state index is 12.3. The van der Waals surface area contributed by atoms with Crippen LogP contribution in [0.4, 0.5) is 18.0 Å². The number of halogens is 3. The predicted octanol–water partition coefficient (Wildman–Crippen LogP) is 2.43. The van der Waals surface area contributed by atoms with Gasteiger partial charge in [0.1, 0.15) is 12.3 Å². The van der Waals surface area contributed by atoms with E-state index in [1.807, 2.05) is 17.5 Å². The van der Waals surface area contributed by atoms with E-state index in [1.54, 1.807) is 12.2 Å². The molecule has 0 bridgehead atoms. The lowest BCUT2D eigenvalue weighted by molar-refractivity contribution is -0.123. The average molecular weight is 393 g/mol. The van der Waals surface area contributed by atoms with Crippen LogP contribution in [0.5, 0.6) is 5.75 Å². The molecule has 1 saturated heterocycles. The van der Waals surface area contributed by atoms with E-state index in [1.165, 1.54) is 4.90 Å². The number of rotatable bonds is 2. The Morgan fingerprint density at radius 3 is 2.86 bits per heavy atom. The van der Waals surface area contributed by atoms with Gasteiger partial charge in [-0.25, -0.2) is 4.79 Å². The van der Waals surface area contributed by atoms with Gasteiger partial charge in [-0.05, 0) is 30.3 Å². The lowest BCUT2D eigenvalue weighted by Gasteiger charge is -2.35. The Balaban J connectivity index is 1.48. The minimum Gasteiger partial charge on any atom is -0.531 e. The van der Waals surface area contributed by atoms with Crippen molar-refractivity contribution in [3.05, 3.63) is 35.1 Å². The molecule has 3 aliphatic rings. The van der Waals surface area contributed by atoms with Crippen LogP contribution >= 0.6 is 0 Å². The first kappa shape index (κ1) is 18.9. The van der Waals surface area contributed by atoms with Gasteiger partial charge in [-0.1, -0.05) is 12.2 Å². The fourth-order valence-corrected chi connectivity index (χ4v) is 3.99. The Hall–Kier alpha value is -2.49. The van der Waals surface area contributed by atoms with E-state index in [-0.39, 0.29) is 5.92 Å². The molecule has 148 valence electrons. The number of pyridine rings is 1. The van der Waals surface area contributed by atoms with Crippen LogP contribution in [0.2, 0.25) is 0 Å². The number of alkyl halides is 3. The first-order valence-electron chi connectivity index (χ1n) is 9.16.